The van der Waals surface area contributed by atoms with Crippen molar-refractivity contribution in [3.8, 4) is 5.75 Å². The van der Waals surface area contributed by atoms with E-state index in [1.165, 1.54) is 25.1 Å². The minimum absolute atomic E-state index is 0.110. The molecule has 0 saturated heterocycles. The van der Waals surface area contributed by atoms with Crippen molar-refractivity contribution < 1.29 is 39.9 Å². The number of aliphatic hydroxyl groups excluding tert-OH is 3. The Kier molecular flexibility index (Phi) is 5.94. The predicted octanol–water partition coefficient (Wildman–Crippen LogP) is 0.875. The Hall–Kier alpha value is -3.99. The molecule has 2 aromatic rings. The highest BCUT2D eigenvalue weighted by atomic mass is 16.4. The average Bonchev–Trinajstić information content (AvgIpc) is 2.86. The second-order valence-electron chi connectivity index (χ2n) is 10.3. The quantitative estimate of drug-likeness (QED) is 0.319. The molecule has 5 rings (SSSR count). The molecular weight excluding hydrogens is 492 g/mol. The monoisotopic (exact) mass is 520 g/mol. The normalized spacial score (nSPS) is 30.7. The number of Topliss-reactive ketones (excluding diaryl/α,β-unsaturated/α-hetero) is 2. The van der Waals surface area contributed by atoms with E-state index in [1.807, 2.05) is 30.3 Å². The lowest BCUT2D eigenvalue weighted by Crippen LogP contribution is -2.68. The Morgan fingerprint density at radius 1 is 1.03 bits per heavy atom. The number of rotatable bonds is 4. The highest BCUT2D eigenvalue weighted by Gasteiger charge is 2.67. The Morgan fingerprint density at radius 3 is 2.29 bits per heavy atom. The molecule has 0 radical (unpaired) electrons. The van der Waals surface area contributed by atoms with Crippen molar-refractivity contribution in [2.24, 2.45) is 17.6 Å². The molecule has 6 atom stereocenters. The number of amides is 1. The molecule has 0 spiro atoms. The van der Waals surface area contributed by atoms with Crippen molar-refractivity contribution in [2.45, 2.75) is 30.1 Å². The van der Waals surface area contributed by atoms with Gasteiger partial charge < -0.3 is 31.3 Å². The van der Waals surface area contributed by atoms with Gasteiger partial charge in [0.15, 0.2) is 11.4 Å². The summed E-state index contributed by atoms with van der Waals surface area (Å²) in [7, 11) is 3.00. The number of phenols is 1. The summed E-state index contributed by atoms with van der Waals surface area (Å²) in [5.41, 5.74) is 2.23. The molecule has 0 bridgehead atoms. The van der Waals surface area contributed by atoms with E-state index in [0.29, 0.717) is 5.56 Å². The summed E-state index contributed by atoms with van der Waals surface area (Å²) >= 11 is 0. The number of nitrogens with zero attached hydrogens (tertiary/aromatic N) is 1. The van der Waals surface area contributed by atoms with Crippen LogP contribution < -0.4 is 5.73 Å². The first-order valence-corrected chi connectivity index (χ1v) is 12.1. The summed E-state index contributed by atoms with van der Waals surface area (Å²) in [6.07, 6.45) is -1.37. The van der Waals surface area contributed by atoms with Gasteiger partial charge in [-0.3, -0.25) is 19.3 Å². The molecule has 0 aliphatic heterocycles. The second-order valence-corrected chi connectivity index (χ2v) is 10.3. The molecule has 10 nitrogen and oxygen atoms in total. The smallest absolute Gasteiger partial charge is 0.255 e. The van der Waals surface area contributed by atoms with Crippen LogP contribution in [0.25, 0.3) is 0 Å². The Labute approximate surface area is 217 Å². The van der Waals surface area contributed by atoms with E-state index in [1.54, 1.807) is 12.1 Å². The van der Waals surface area contributed by atoms with Gasteiger partial charge in [-0.05, 0) is 43.6 Å². The zero-order valence-electron chi connectivity index (χ0n) is 20.7. The van der Waals surface area contributed by atoms with Crippen LogP contribution in [0.15, 0.2) is 71.2 Å². The SMILES string of the molecule is CN(C)C1C(O)=C(C(N)=O)C(=O)C2(O)C(O)=C3C(=O)c4c(O)cccc4C(Cc4ccccc4)C3C(O)C12. The molecule has 3 aliphatic carbocycles. The average molecular weight is 521 g/mol. The van der Waals surface area contributed by atoms with Crippen molar-refractivity contribution in [1.29, 1.82) is 0 Å². The standard InChI is InChI=1S/C28H28N2O8/c1-30(2)21-20-23(33)17-14(11-12-7-4-3-5-8-12)13-9-6-10-15(31)16(13)22(32)18(17)25(35)28(20,38)26(36)19(24(21)34)27(29)37/h3-10,14,17,20-21,23,31,33-35,38H,11H2,1-2H3,(H2,29,37). The van der Waals surface area contributed by atoms with Gasteiger partial charge in [0.1, 0.15) is 22.8 Å². The minimum atomic E-state index is -2.94. The lowest BCUT2D eigenvalue weighted by atomic mass is 9.54. The number of aliphatic hydroxyl groups is 4. The second kappa shape index (κ2) is 8.80. The molecule has 2 aromatic carbocycles. The van der Waals surface area contributed by atoms with Gasteiger partial charge in [0.25, 0.3) is 5.91 Å². The number of benzene rings is 2. The minimum Gasteiger partial charge on any atom is -0.510 e. The molecule has 0 fully saturated rings. The van der Waals surface area contributed by atoms with E-state index in [2.05, 4.69) is 0 Å². The van der Waals surface area contributed by atoms with Crippen LogP contribution in [-0.4, -0.2) is 79.7 Å². The van der Waals surface area contributed by atoms with Gasteiger partial charge >= 0.3 is 0 Å². The van der Waals surface area contributed by atoms with Gasteiger partial charge in [0.05, 0.1) is 23.6 Å². The zero-order valence-corrected chi connectivity index (χ0v) is 20.7. The summed E-state index contributed by atoms with van der Waals surface area (Å²) in [6.45, 7) is 0. The van der Waals surface area contributed by atoms with Crippen LogP contribution in [0.2, 0.25) is 0 Å². The van der Waals surface area contributed by atoms with Crippen molar-refractivity contribution in [3.63, 3.8) is 0 Å². The highest BCUT2D eigenvalue weighted by molar-refractivity contribution is 6.25. The van der Waals surface area contributed by atoms with E-state index < -0.39 is 75.6 Å². The maximum Gasteiger partial charge on any atom is 0.255 e. The number of nitrogens with two attached hydrogens (primary N) is 1. The number of phenolic OH excluding ortho intramolecular Hbond substituents is 1. The Morgan fingerprint density at radius 2 is 1.68 bits per heavy atom. The first-order valence-electron chi connectivity index (χ1n) is 12.1. The summed E-state index contributed by atoms with van der Waals surface area (Å²) in [4.78, 5) is 40.8. The Balaban J connectivity index is 1.81. The van der Waals surface area contributed by atoms with Gasteiger partial charge in [-0.2, -0.15) is 0 Å². The Bertz CT molecular complexity index is 1430. The third-order valence-corrected chi connectivity index (χ3v) is 8.10. The molecule has 38 heavy (non-hydrogen) atoms. The summed E-state index contributed by atoms with van der Waals surface area (Å²) in [5, 5.41) is 56.8. The third-order valence-electron chi connectivity index (χ3n) is 8.10. The maximum atomic E-state index is 13.8. The largest absolute Gasteiger partial charge is 0.510 e. The fourth-order valence-corrected chi connectivity index (χ4v) is 6.51. The van der Waals surface area contributed by atoms with Gasteiger partial charge in [0, 0.05) is 11.5 Å². The highest BCUT2D eigenvalue weighted by Crippen LogP contribution is 2.56. The van der Waals surface area contributed by atoms with Crippen molar-refractivity contribution in [2.75, 3.05) is 14.1 Å². The van der Waals surface area contributed by atoms with Crippen LogP contribution >= 0.6 is 0 Å². The number of ketones is 2. The molecule has 3 aliphatic rings. The van der Waals surface area contributed by atoms with E-state index in [-0.39, 0.29) is 17.7 Å². The van der Waals surface area contributed by atoms with Crippen LogP contribution in [0.1, 0.15) is 27.4 Å². The van der Waals surface area contributed by atoms with Crippen LogP contribution in [0.5, 0.6) is 5.75 Å². The maximum absolute atomic E-state index is 13.8. The van der Waals surface area contributed by atoms with Gasteiger partial charge in [0.2, 0.25) is 5.78 Å². The first-order chi connectivity index (χ1) is 17.9. The van der Waals surface area contributed by atoms with Crippen molar-refractivity contribution in [1.82, 2.24) is 4.90 Å². The van der Waals surface area contributed by atoms with Gasteiger partial charge in [-0.1, -0.05) is 42.5 Å². The molecule has 0 aromatic heterocycles. The molecule has 198 valence electrons. The molecular formula is C28H28N2O8. The zero-order chi connectivity index (χ0) is 27.7. The molecule has 7 N–H and O–H groups in total. The van der Waals surface area contributed by atoms with Crippen LogP contribution in [0.3, 0.4) is 0 Å². The summed E-state index contributed by atoms with van der Waals surface area (Å²) < 4.78 is 0. The number of fused-ring (bicyclic) bond motifs is 3. The molecule has 0 heterocycles. The number of carbonyl (C=O) groups is 3. The fraction of sp³-hybridized carbons (Fsp3) is 0.321. The van der Waals surface area contributed by atoms with Crippen LogP contribution in [0, 0.1) is 11.8 Å². The summed E-state index contributed by atoms with van der Waals surface area (Å²) in [6, 6.07) is 12.4. The topological polar surface area (TPSA) is 182 Å². The lowest BCUT2D eigenvalue weighted by molar-refractivity contribution is -0.162. The van der Waals surface area contributed by atoms with Crippen LogP contribution in [0.4, 0.5) is 0 Å². The van der Waals surface area contributed by atoms with E-state index in [9.17, 15) is 39.9 Å². The summed E-state index contributed by atoms with van der Waals surface area (Å²) in [5.74, 6) is -9.09. The first kappa shape index (κ1) is 25.7. The van der Waals surface area contributed by atoms with E-state index >= 15 is 0 Å². The van der Waals surface area contributed by atoms with Crippen LogP contribution in [-0.2, 0) is 16.0 Å². The van der Waals surface area contributed by atoms with Gasteiger partial charge in [-0.25, -0.2) is 0 Å². The molecule has 10 heteroatoms. The number of carbonyl (C=O) groups excluding carboxylic acids is 3. The molecule has 1 amide bonds. The fourth-order valence-electron chi connectivity index (χ4n) is 6.51. The molecule has 0 saturated carbocycles. The van der Waals surface area contributed by atoms with E-state index in [4.69, 9.17) is 5.73 Å². The van der Waals surface area contributed by atoms with Gasteiger partial charge in [-0.15, -0.1) is 0 Å². The number of hydrogen-bond donors (Lipinski definition) is 6. The third kappa shape index (κ3) is 3.34. The lowest BCUT2D eigenvalue weighted by Gasteiger charge is -2.53. The number of hydrogen-bond acceptors (Lipinski definition) is 9. The predicted molar refractivity (Wildman–Crippen MR) is 134 cm³/mol. The van der Waals surface area contributed by atoms with Crippen molar-refractivity contribution >= 4 is 17.5 Å². The van der Waals surface area contributed by atoms with E-state index in [0.717, 1.165) is 5.56 Å². The molecule has 6 unspecified atom stereocenters. The number of primary amides is 1. The number of aromatic hydroxyl groups is 1. The number of likely N-dealkylation sites (N-methyl/N-ethyl adjacent to an activating group) is 1. The van der Waals surface area contributed by atoms with Crippen molar-refractivity contribution in [3.05, 3.63) is 87.9 Å².